The van der Waals surface area contributed by atoms with Crippen molar-refractivity contribution in [1.29, 1.82) is 0 Å². The van der Waals surface area contributed by atoms with Crippen LogP contribution in [0.25, 0.3) is 0 Å². The average molecular weight is 244 g/mol. The number of nitrogens with zero attached hydrogens (tertiary/aromatic N) is 1. The monoisotopic (exact) mass is 243 g/mol. The van der Waals surface area contributed by atoms with Crippen molar-refractivity contribution in [2.45, 2.75) is 19.8 Å². The smallest absolute Gasteiger partial charge is 0.0469 e. The first-order valence-electron chi connectivity index (χ1n) is 4.51. The predicted molar refractivity (Wildman–Crippen MR) is 56.8 cm³/mol. The van der Waals surface area contributed by atoms with E-state index in [2.05, 4.69) is 20.9 Å². The quantitative estimate of drug-likeness (QED) is 0.743. The third-order valence-electron chi connectivity index (χ3n) is 1.71. The van der Waals surface area contributed by atoms with Crippen LogP contribution in [0.5, 0.6) is 0 Å². The second kappa shape index (κ2) is 6.11. The van der Waals surface area contributed by atoms with Gasteiger partial charge in [0.2, 0.25) is 0 Å². The first kappa shape index (κ1) is 10.7. The Morgan fingerprint density at radius 1 is 1.46 bits per heavy atom. The molecule has 72 valence electrons. The number of rotatable bonds is 5. The number of hydrogen-bond donors (Lipinski definition) is 0. The van der Waals surface area contributed by atoms with Crippen LogP contribution in [-0.2, 0) is 11.2 Å². The van der Waals surface area contributed by atoms with Crippen LogP contribution in [0.15, 0.2) is 22.8 Å². The maximum atomic E-state index is 5.24. The van der Waals surface area contributed by atoms with Crippen LogP contribution in [0, 0.1) is 0 Å². The van der Waals surface area contributed by atoms with E-state index in [0.717, 1.165) is 36.2 Å². The van der Waals surface area contributed by atoms with Crippen LogP contribution in [0.2, 0.25) is 0 Å². The van der Waals surface area contributed by atoms with Crippen LogP contribution >= 0.6 is 15.9 Å². The molecule has 0 saturated carbocycles. The number of halogens is 1. The third kappa shape index (κ3) is 4.39. The number of pyridine rings is 1. The minimum Gasteiger partial charge on any atom is -0.382 e. The number of aromatic nitrogens is 1. The molecule has 0 N–H and O–H groups in total. The van der Waals surface area contributed by atoms with E-state index in [-0.39, 0.29) is 0 Å². The molecule has 0 spiro atoms. The third-order valence-corrected chi connectivity index (χ3v) is 2.18. The summed E-state index contributed by atoms with van der Waals surface area (Å²) >= 11 is 3.35. The lowest BCUT2D eigenvalue weighted by atomic mass is 10.2. The minimum absolute atomic E-state index is 0.799. The van der Waals surface area contributed by atoms with Crippen molar-refractivity contribution in [3.63, 3.8) is 0 Å². The van der Waals surface area contributed by atoms with E-state index in [4.69, 9.17) is 4.74 Å². The summed E-state index contributed by atoms with van der Waals surface area (Å²) in [7, 11) is 0. The number of aryl methyl sites for hydroxylation is 1. The first-order chi connectivity index (χ1) is 6.33. The van der Waals surface area contributed by atoms with E-state index in [0.29, 0.717) is 0 Å². The molecule has 0 atom stereocenters. The van der Waals surface area contributed by atoms with Crippen molar-refractivity contribution >= 4 is 15.9 Å². The zero-order valence-corrected chi connectivity index (χ0v) is 9.38. The predicted octanol–water partition coefficient (Wildman–Crippen LogP) is 2.81. The molecule has 0 aromatic carbocycles. The Balaban J connectivity index is 2.25. The molecule has 1 aromatic heterocycles. The van der Waals surface area contributed by atoms with Crippen LogP contribution < -0.4 is 0 Å². The van der Waals surface area contributed by atoms with Gasteiger partial charge in [-0.3, -0.25) is 4.98 Å². The Kier molecular flexibility index (Phi) is 5.01. The standard InChI is InChI=1S/C10H14BrNO/c1-2-13-7-3-4-10-6-5-9(11)8-12-10/h5-6,8H,2-4,7H2,1H3. The van der Waals surface area contributed by atoms with Crippen molar-refractivity contribution in [2.24, 2.45) is 0 Å². The van der Waals surface area contributed by atoms with Gasteiger partial charge >= 0.3 is 0 Å². The maximum absolute atomic E-state index is 5.24. The molecule has 0 fully saturated rings. The summed E-state index contributed by atoms with van der Waals surface area (Å²) in [6, 6.07) is 4.05. The highest BCUT2D eigenvalue weighted by Gasteiger charge is 1.94. The molecule has 0 aliphatic carbocycles. The van der Waals surface area contributed by atoms with Gasteiger partial charge in [-0.25, -0.2) is 0 Å². The Hall–Kier alpha value is -0.410. The molecule has 0 amide bonds. The maximum Gasteiger partial charge on any atom is 0.0469 e. The van der Waals surface area contributed by atoms with Crippen molar-refractivity contribution in [2.75, 3.05) is 13.2 Å². The lowest BCUT2D eigenvalue weighted by Crippen LogP contribution is -1.97. The highest BCUT2D eigenvalue weighted by molar-refractivity contribution is 9.10. The summed E-state index contributed by atoms with van der Waals surface area (Å²) in [4.78, 5) is 4.27. The van der Waals surface area contributed by atoms with Crippen LogP contribution in [0.1, 0.15) is 19.0 Å². The van der Waals surface area contributed by atoms with Gasteiger partial charge in [0.15, 0.2) is 0 Å². The molecule has 0 unspecified atom stereocenters. The molecule has 13 heavy (non-hydrogen) atoms. The summed E-state index contributed by atoms with van der Waals surface area (Å²) in [5, 5.41) is 0. The number of ether oxygens (including phenoxy) is 1. The van der Waals surface area contributed by atoms with Crippen molar-refractivity contribution < 1.29 is 4.74 Å². The number of hydrogen-bond acceptors (Lipinski definition) is 2. The molecular formula is C10H14BrNO. The fourth-order valence-corrected chi connectivity index (χ4v) is 1.29. The normalized spacial score (nSPS) is 10.3. The van der Waals surface area contributed by atoms with Gasteiger partial charge in [0.25, 0.3) is 0 Å². The molecule has 3 heteroatoms. The lowest BCUT2D eigenvalue weighted by Gasteiger charge is -2.01. The van der Waals surface area contributed by atoms with Crippen LogP contribution in [-0.4, -0.2) is 18.2 Å². The molecule has 0 saturated heterocycles. The first-order valence-corrected chi connectivity index (χ1v) is 5.30. The topological polar surface area (TPSA) is 22.1 Å². The van der Waals surface area contributed by atoms with Gasteiger partial charge in [-0.05, 0) is 47.8 Å². The van der Waals surface area contributed by atoms with Crippen LogP contribution in [0.4, 0.5) is 0 Å². The summed E-state index contributed by atoms with van der Waals surface area (Å²) in [6.45, 7) is 3.64. The zero-order valence-electron chi connectivity index (χ0n) is 7.79. The fourth-order valence-electron chi connectivity index (χ4n) is 1.05. The van der Waals surface area contributed by atoms with Crippen molar-refractivity contribution in [3.8, 4) is 0 Å². The van der Waals surface area contributed by atoms with Gasteiger partial charge in [-0.15, -0.1) is 0 Å². The molecule has 1 heterocycles. The Morgan fingerprint density at radius 3 is 2.92 bits per heavy atom. The minimum atomic E-state index is 0.799. The molecule has 1 aromatic rings. The molecule has 0 aliphatic heterocycles. The summed E-state index contributed by atoms with van der Waals surface area (Å²) in [6.07, 6.45) is 3.87. The lowest BCUT2D eigenvalue weighted by molar-refractivity contribution is 0.145. The van der Waals surface area contributed by atoms with Gasteiger partial charge in [0.05, 0.1) is 0 Å². The van der Waals surface area contributed by atoms with E-state index in [9.17, 15) is 0 Å². The molecule has 1 rings (SSSR count). The SMILES string of the molecule is CCOCCCc1ccc(Br)cn1. The largest absolute Gasteiger partial charge is 0.382 e. The molecule has 0 radical (unpaired) electrons. The summed E-state index contributed by atoms with van der Waals surface area (Å²) in [5.74, 6) is 0. The van der Waals surface area contributed by atoms with Crippen LogP contribution in [0.3, 0.4) is 0 Å². The van der Waals surface area contributed by atoms with Crippen molar-refractivity contribution in [3.05, 3.63) is 28.5 Å². The summed E-state index contributed by atoms with van der Waals surface area (Å²) in [5.41, 5.74) is 1.13. The fraction of sp³-hybridized carbons (Fsp3) is 0.500. The molecule has 0 bridgehead atoms. The molecule has 2 nitrogen and oxygen atoms in total. The van der Waals surface area contributed by atoms with Gasteiger partial charge in [0.1, 0.15) is 0 Å². The Labute approximate surface area is 87.5 Å². The van der Waals surface area contributed by atoms with E-state index < -0.39 is 0 Å². The second-order valence-electron chi connectivity index (χ2n) is 2.77. The van der Waals surface area contributed by atoms with E-state index in [1.807, 2.05) is 25.3 Å². The molecule has 0 aliphatic rings. The van der Waals surface area contributed by atoms with Gasteiger partial charge in [0, 0.05) is 29.6 Å². The van der Waals surface area contributed by atoms with E-state index in [1.165, 1.54) is 0 Å². The zero-order chi connectivity index (χ0) is 9.52. The second-order valence-corrected chi connectivity index (χ2v) is 3.68. The molecular weight excluding hydrogens is 230 g/mol. The van der Waals surface area contributed by atoms with Gasteiger partial charge in [-0.2, -0.15) is 0 Å². The average Bonchev–Trinajstić information content (AvgIpc) is 2.15. The highest BCUT2D eigenvalue weighted by atomic mass is 79.9. The van der Waals surface area contributed by atoms with Gasteiger partial charge < -0.3 is 4.74 Å². The Bertz CT molecular complexity index is 235. The Morgan fingerprint density at radius 2 is 2.31 bits per heavy atom. The van der Waals surface area contributed by atoms with Crippen molar-refractivity contribution in [1.82, 2.24) is 4.98 Å². The summed E-state index contributed by atoms with van der Waals surface area (Å²) < 4.78 is 6.27. The van der Waals surface area contributed by atoms with E-state index >= 15 is 0 Å². The highest BCUT2D eigenvalue weighted by Crippen LogP contribution is 2.08. The van der Waals surface area contributed by atoms with E-state index in [1.54, 1.807) is 0 Å². The van der Waals surface area contributed by atoms with Gasteiger partial charge in [-0.1, -0.05) is 0 Å².